The zero-order valence-corrected chi connectivity index (χ0v) is 16.6. The van der Waals surface area contributed by atoms with E-state index < -0.39 is 0 Å². The smallest absolute Gasteiger partial charge is 0.159 e. The quantitative estimate of drug-likeness (QED) is 0.791. The Balaban J connectivity index is 1.37. The molecule has 3 aliphatic rings. The highest BCUT2D eigenvalue weighted by atomic mass is 32.2. The van der Waals surface area contributed by atoms with Crippen LogP contribution in [0.25, 0.3) is 0 Å². The van der Waals surface area contributed by atoms with Crippen molar-refractivity contribution in [2.24, 2.45) is 0 Å². The largest absolute Gasteiger partial charge is 0.475 e. The zero-order chi connectivity index (χ0) is 18.9. The van der Waals surface area contributed by atoms with Gasteiger partial charge >= 0.3 is 0 Å². The summed E-state index contributed by atoms with van der Waals surface area (Å²) in [6, 6.07) is 12.4. The van der Waals surface area contributed by atoms with Gasteiger partial charge in [0, 0.05) is 18.8 Å². The van der Waals surface area contributed by atoms with E-state index in [1.54, 1.807) is 11.8 Å². The molecule has 3 aliphatic heterocycles. The molecule has 27 heavy (non-hydrogen) atoms. The highest BCUT2D eigenvalue weighted by Crippen LogP contribution is 2.39. The Morgan fingerprint density at radius 1 is 1.44 bits per heavy atom. The van der Waals surface area contributed by atoms with Gasteiger partial charge in [-0.3, -0.25) is 15.1 Å². The molecule has 3 fully saturated rings. The molecule has 0 spiro atoms. The summed E-state index contributed by atoms with van der Waals surface area (Å²) in [7, 11) is 0. The van der Waals surface area contributed by atoms with Crippen LogP contribution >= 0.6 is 11.8 Å². The minimum Gasteiger partial charge on any atom is -0.475 e. The number of thioether (sulfide) groups is 1. The van der Waals surface area contributed by atoms with Crippen LogP contribution in [0.1, 0.15) is 26.7 Å². The molecule has 0 amide bonds. The van der Waals surface area contributed by atoms with Crippen molar-refractivity contribution in [3.8, 4) is 11.8 Å². The maximum Gasteiger partial charge on any atom is 0.159 e. The molecule has 0 bridgehead atoms. The molecule has 8 heteroatoms. The van der Waals surface area contributed by atoms with Gasteiger partial charge in [-0.15, -0.1) is 11.8 Å². The Morgan fingerprint density at radius 2 is 2.26 bits per heavy atom. The van der Waals surface area contributed by atoms with E-state index in [-0.39, 0.29) is 29.4 Å². The third-order valence-corrected chi connectivity index (χ3v) is 7.08. The van der Waals surface area contributed by atoms with E-state index in [1.807, 2.05) is 35.5 Å². The third-order valence-electron chi connectivity index (χ3n) is 5.53. The predicted molar refractivity (Wildman–Crippen MR) is 104 cm³/mol. The highest BCUT2D eigenvalue weighted by molar-refractivity contribution is 8.00. The SMILES string of the molecule is CCC1(N2NC3CCN(C(C)Oc4ccccc4)CC3O2)NC(C#N)CS1. The molecule has 146 valence electrons. The molecule has 2 N–H and O–H groups in total. The molecule has 7 nitrogen and oxygen atoms in total. The highest BCUT2D eigenvalue weighted by Gasteiger charge is 2.51. The molecule has 1 aromatic rings. The Kier molecular flexibility index (Phi) is 5.60. The number of piperidine rings is 1. The molecule has 3 saturated heterocycles. The summed E-state index contributed by atoms with van der Waals surface area (Å²) in [5, 5.41) is 14.5. The van der Waals surface area contributed by atoms with Crippen molar-refractivity contribution < 1.29 is 9.57 Å². The van der Waals surface area contributed by atoms with E-state index in [1.165, 1.54) is 0 Å². The fourth-order valence-electron chi connectivity index (χ4n) is 3.91. The minimum atomic E-state index is -0.380. The minimum absolute atomic E-state index is 0.00640. The molecular formula is C19H27N5O2S. The Bertz CT molecular complexity index is 686. The standard InChI is InChI=1S/C19H27N5O2S/c1-3-19(21-15(11-20)13-27-19)24-22-17-9-10-23(12-18(17)26-24)14(2)25-16-7-5-4-6-8-16/h4-8,14-15,17-18,21-22H,3,9-10,12-13H2,1-2H3. The number of ether oxygens (including phenoxy) is 1. The van der Waals surface area contributed by atoms with Gasteiger partial charge in [-0.05, 0) is 31.9 Å². The molecule has 0 radical (unpaired) electrons. The van der Waals surface area contributed by atoms with Gasteiger partial charge < -0.3 is 4.74 Å². The summed E-state index contributed by atoms with van der Waals surface area (Å²) in [5.41, 5.74) is 3.53. The summed E-state index contributed by atoms with van der Waals surface area (Å²) in [6.45, 7) is 5.98. The predicted octanol–water partition coefficient (Wildman–Crippen LogP) is 1.90. The lowest BCUT2D eigenvalue weighted by Gasteiger charge is -2.36. The van der Waals surface area contributed by atoms with Crippen LogP contribution in [-0.2, 0) is 4.84 Å². The molecule has 5 atom stereocenters. The van der Waals surface area contributed by atoms with Crippen molar-refractivity contribution in [1.82, 2.24) is 20.8 Å². The van der Waals surface area contributed by atoms with Gasteiger partial charge in [0.1, 0.15) is 24.1 Å². The number of hydrogen-bond donors (Lipinski definition) is 2. The van der Waals surface area contributed by atoms with Gasteiger partial charge in [0.15, 0.2) is 4.99 Å². The van der Waals surface area contributed by atoms with Gasteiger partial charge in [0.05, 0.1) is 12.1 Å². The average molecular weight is 390 g/mol. The number of fused-ring (bicyclic) bond motifs is 1. The maximum atomic E-state index is 9.23. The van der Waals surface area contributed by atoms with Crippen LogP contribution in [0, 0.1) is 11.3 Å². The van der Waals surface area contributed by atoms with Gasteiger partial charge in [0.25, 0.3) is 0 Å². The monoisotopic (exact) mass is 389 g/mol. The van der Waals surface area contributed by atoms with Gasteiger partial charge in [0.2, 0.25) is 0 Å². The van der Waals surface area contributed by atoms with E-state index in [0.29, 0.717) is 0 Å². The Morgan fingerprint density at radius 3 is 2.96 bits per heavy atom. The van der Waals surface area contributed by atoms with E-state index >= 15 is 0 Å². The maximum absolute atomic E-state index is 9.23. The zero-order valence-electron chi connectivity index (χ0n) is 15.8. The summed E-state index contributed by atoms with van der Waals surface area (Å²) in [4.78, 5) is 8.24. The molecular weight excluding hydrogens is 362 g/mol. The van der Waals surface area contributed by atoms with Gasteiger partial charge in [-0.2, -0.15) is 5.26 Å². The lowest BCUT2D eigenvalue weighted by atomic mass is 10.0. The summed E-state index contributed by atoms with van der Waals surface area (Å²) in [6.07, 6.45) is 1.91. The number of nitrogens with zero attached hydrogens (tertiary/aromatic N) is 3. The molecule has 0 aliphatic carbocycles. The number of benzene rings is 1. The second kappa shape index (κ2) is 7.95. The fraction of sp³-hybridized carbons (Fsp3) is 0.632. The lowest BCUT2D eigenvalue weighted by Crippen LogP contribution is -2.58. The number of para-hydroxylation sites is 1. The summed E-state index contributed by atoms with van der Waals surface area (Å²) in [5.74, 6) is 1.66. The number of likely N-dealkylation sites (tertiary alicyclic amines) is 1. The van der Waals surface area contributed by atoms with Gasteiger partial charge in [-0.25, -0.2) is 5.43 Å². The van der Waals surface area contributed by atoms with Crippen molar-refractivity contribution >= 4 is 11.8 Å². The van der Waals surface area contributed by atoms with Crippen LogP contribution in [0.3, 0.4) is 0 Å². The van der Waals surface area contributed by atoms with Crippen LogP contribution < -0.4 is 15.5 Å². The van der Waals surface area contributed by atoms with Crippen LogP contribution in [0.15, 0.2) is 30.3 Å². The summed E-state index contributed by atoms with van der Waals surface area (Å²) >= 11 is 1.74. The van der Waals surface area contributed by atoms with Gasteiger partial charge in [-0.1, -0.05) is 30.3 Å². The number of hydrogen-bond acceptors (Lipinski definition) is 8. The first-order valence-corrected chi connectivity index (χ1v) is 10.6. The van der Waals surface area contributed by atoms with Crippen LogP contribution in [0.4, 0.5) is 0 Å². The summed E-state index contributed by atoms with van der Waals surface area (Å²) < 4.78 is 6.08. The Hall–Kier alpha value is -1.34. The number of hydroxylamine groups is 1. The van der Waals surface area contributed by atoms with Crippen LogP contribution in [-0.4, -0.2) is 58.3 Å². The topological polar surface area (TPSA) is 72.8 Å². The molecule has 3 heterocycles. The van der Waals surface area contributed by atoms with E-state index in [9.17, 15) is 5.26 Å². The van der Waals surface area contributed by atoms with Crippen molar-refractivity contribution in [1.29, 1.82) is 5.26 Å². The lowest BCUT2D eigenvalue weighted by molar-refractivity contribution is -0.219. The normalized spacial score (nSPS) is 35.5. The van der Waals surface area contributed by atoms with E-state index in [4.69, 9.17) is 9.57 Å². The molecule has 5 unspecified atom stereocenters. The number of nitriles is 1. The van der Waals surface area contributed by atoms with Crippen LogP contribution in [0.5, 0.6) is 5.75 Å². The van der Waals surface area contributed by atoms with Crippen molar-refractivity contribution in [3.63, 3.8) is 0 Å². The van der Waals surface area contributed by atoms with E-state index in [2.05, 4.69) is 35.6 Å². The number of hydrazine groups is 1. The third kappa shape index (κ3) is 3.81. The second-order valence-electron chi connectivity index (χ2n) is 7.26. The molecule has 0 aromatic heterocycles. The van der Waals surface area contributed by atoms with Crippen LogP contribution in [0.2, 0.25) is 0 Å². The van der Waals surface area contributed by atoms with E-state index in [0.717, 1.165) is 37.4 Å². The first-order valence-electron chi connectivity index (χ1n) is 9.64. The molecule has 0 saturated carbocycles. The Labute approximate surface area is 164 Å². The molecule has 4 rings (SSSR count). The fourth-order valence-corrected chi connectivity index (χ4v) is 5.16. The second-order valence-corrected chi connectivity index (χ2v) is 8.56. The average Bonchev–Trinajstić information content (AvgIpc) is 3.33. The first-order chi connectivity index (χ1) is 13.1. The molecule has 1 aromatic carbocycles. The van der Waals surface area contributed by atoms with Crippen molar-refractivity contribution in [3.05, 3.63) is 30.3 Å². The first kappa shape index (κ1) is 19.0. The number of rotatable bonds is 5. The number of nitrogens with one attached hydrogen (secondary N) is 2. The van der Waals surface area contributed by atoms with Crippen molar-refractivity contribution in [2.75, 3.05) is 18.8 Å². The van der Waals surface area contributed by atoms with Crippen molar-refractivity contribution in [2.45, 2.75) is 56.1 Å².